The van der Waals surface area contributed by atoms with E-state index in [4.69, 9.17) is 9.47 Å². The molecule has 0 aliphatic heterocycles. The van der Waals surface area contributed by atoms with Gasteiger partial charge in [0, 0.05) is 22.6 Å². The van der Waals surface area contributed by atoms with Gasteiger partial charge in [0.25, 0.3) is 5.69 Å². The van der Waals surface area contributed by atoms with Gasteiger partial charge in [0.05, 0.1) is 25.1 Å². The molecule has 0 N–H and O–H groups in total. The molecule has 30 heavy (non-hydrogen) atoms. The largest absolute Gasteiger partial charge is 0.468 e. The fourth-order valence-electron chi connectivity index (χ4n) is 3.18. The molecule has 0 radical (unpaired) electrons. The molecule has 0 aliphatic rings. The summed E-state index contributed by atoms with van der Waals surface area (Å²) in [5.74, 6) is -3.84. The minimum absolute atomic E-state index is 0.00225. The van der Waals surface area contributed by atoms with Crippen LogP contribution in [-0.4, -0.2) is 40.3 Å². The fraction of sp³-hybridized carbons (Fsp3) is 0.263. The number of non-ortho nitro benzene ring substituents is 1. The number of hydrogen-bond acceptors (Lipinski definition) is 8. The molecule has 11 heteroatoms. The van der Waals surface area contributed by atoms with Gasteiger partial charge in [0.15, 0.2) is 0 Å². The van der Waals surface area contributed by atoms with E-state index in [1.54, 1.807) is 18.2 Å². The number of halogens is 1. The van der Waals surface area contributed by atoms with Crippen LogP contribution in [0.3, 0.4) is 0 Å². The minimum atomic E-state index is -2.35. The number of rotatable bonds is 8. The van der Waals surface area contributed by atoms with Gasteiger partial charge in [-0.25, -0.2) is 9.59 Å². The molecule has 0 aromatic heterocycles. The molecule has 2 aromatic rings. The maximum absolute atomic E-state index is 12.7. The highest BCUT2D eigenvalue weighted by molar-refractivity contribution is 9.10. The third-order valence-corrected chi connectivity index (χ3v) is 5.66. The number of esters is 2. The number of alkyl halides is 1. The Morgan fingerprint density at radius 3 is 1.93 bits per heavy atom. The highest BCUT2D eigenvalue weighted by Crippen LogP contribution is 2.47. The zero-order valence-electron chi connectivity index (χ0n) is 15.9. The number of benzene rings is 2. The molecule has 0 heterocycles. The van der Waals surface area contributed by atoms with Gasteiger partial charge in [0.2, 0.25) is 10.4 Å². The first-order chi connectivity index (χ1) is 14.2. The van der Waals surface area contributed by atoms with Crippen molar-refractivity contribution in [2.45, 2.75) is 16.3 Å². The second-order valence-electron chi connectivity index (χ2n) is 6.17. The Morgan fingerprint density at radius 1 is 0.933 bits per heavy atom. The third kappa shape index (κ3) is 4.30. The van der Waals surface area contributed by atoms with Crippen LogP contribution >= 0.6 is 15.9 Å². The zero-order valence-corrected chi connectivity index (χ0v) is 17.5. The van der Waals surface area contributed by atoms with Crippen molar-refractivity contribution in [1.29, 1.82) is 0 Å². The zero-order chi connectivity index (χ0) is 22.5. The van der Waals surface area contributed by atoms with Crippen molar-refractivity contribution in [2.75, 3.05) is 14.2 Å². The predicted octanol–water partition coefficient (Wildman–Crippen LogP) is 3.18. The van der Waals surface area contributed by atoms with E-state index in [-0.39, 0.29) is 16.8 Å². The van der Waals surface area contributed by atoms with E-state index in [2.05, 4.69) is 15.9 Å². The average molecular weight is 481 g/mol. The van der Waals surface area contributed by atoms with E-state index in [9.17, 15) is 29.8 Å². The van der Waals surface area contributed by atoms with Gasteiger partial charge < -0.3 is 9.47 Å². The maximum atomic E-state index is 12.7. The molecule has 0 amide bonds. The number of hydrogen-bond donors (Lipinski definition) is 0. The molecular formula is C19H17BrN2O8. The van der Waals surface area contributed by atoms with Crippen molar-refractivity contribution < 1.29 is 28.9 Å². The van der Waals surface area contributed by atoms with Crippen molar-refractivity contribution >= 4 is 33.6 Å². The SMILES string of the molecule is COC(=O)C(Br)(C(=O)OC)C(c1cccc([N+](=O)[O-])c1)C(c1ccccc1)[N+](=O)[O-]. The molecule has 158 valence electrons. The lowest BCUT2D eigenvalue weighted by molar-refractivity contribution is -0.534. The van der Waals surface area contributed by atoms with E-state index >= 15 is 0 Å². The van der Waals surface area contributed by atoms with Gasteiger partial charge in [-0.3, -0.25) is 20.2 Å². The van der Waals surface area contributed by atoms with Crippen LogP contribution in [0.5, 0.6) is 0 Å². The summed E-state index contributed by atoms with van der Waals surface area (Å²) in [6.07, 6.45) is 0. The maximum Gasteiger partial charge on any atom is 0.335 e. The van der Waals surface area contributed by atoms with Crippen LogP contribution in [-0.2, 0) is 19.1 Å². The molecule has 0 aliphatic carbocycles. The summed E-state index contributed by atoms with van der Waals surface area (Å²) in [4.78, 5) is 47.5. The number of nitro groups is 2. The van der Waals surface area contributed by atoms with E-state index < -0.39 is 38.1 Å². The van der Waals surface area contributed by atoms with E-state index in [0.29, 0.717) is 0 Å². The average Bonchev–Trinajstić information content (AvgIpc) is 2.75. The summed E-state index contributed by atoms with van der Waals surface area (Å²) >= 11 is 3.04. The fourth-order valence-corrected chi connectivity index (χ4v) is 4.02. The molecule has 0 spiro atoms. The number of ether oxygens (including phenoxy) is 2. The Labute approximate surface area is 179 Å². The molecule has 0 saturated carbocycles. The summed E-state index contributed by atoms with van der Waals surface area (Å²) in [5, 5.41) is 23.4. The van der Waals surface area contributed by atoms with Crippen LogP contribution < -0.4 is 0 Å². The highest BCUT2D eigenvalue weighted by Gasteiger charge is 2.60. The van der Waals surface area contributed by atoms with E-state index in [0.717, 1.165) is 20.3 Å². The molecule has 0 bridgehead atoms. The smallest absolute Gasteiger partial charge is 0.335 e. The molecule has 0 fully saturated rings. The van der Waals surface area contributed by atoms with Gasteiger partial charge in [-0.2, -0.15) is 0 Å². The number of nitro benzene ring substituents is 1. The second-order valence-corrected chi connectivity index (χ2v) is 7.42. The van der Waals surface area contributed by atoms with Crippen molar-refractivity contribution in [3.63, 3.8) is 0 Å². The first-order valence-corrected chi connectivity index (χ1v) is 9.26. The van der Waals surface area contributed by atoms with Gasteiger partial charge in [0.1, 0.15) is 0 Å². The van der Waals surface area contributed by atoms with Crippen LogP contribution in [0, 0.1) is 20.2 Å². The lowest BCUT2D eigenvalue weighted by Crippen LogP contribution is -2.50. The van der Waals surface area contributed by atoms with Gasteiger partial charge in [-0.05, 0) is 5.56 Å². The number of nitrogens with zero attached hydrogens (tertiary/aromatic N) is 2. The van der Waals surface area contributed by atoms with Crippen LogP contribution in [0.1, 0.15) is 23.1 Å². The number of carbonyl (C=O) groups excluding carboxylic acids is 2. The summed E-state index contributed by atoms with van der Waals surface area (Å²) in [6, 6.07) is 11.0. The molecule has 2 unspecified atom stereocenters. The van der Waals surface area contributed by atoms with Crippen molar-refractivity contribution in [3.8, 4) is 0 Å². The lowest BCUT2D eigenvalue weighted by atomic mass is 9.77. The quantitative estimate of drug-likeness (QED) is 0.184. The normalized spacial score (nSPS) is 13.0. The Morgan fingerprint density at radius 2 is 1.47 bits per heavy atom. The second kappa shape index (κ2) is 9.44. The van der Waals surface area contributed by atoms with Crippen molar-refractivity contribution in [2.24, 2.45) is 0 Å². The predicted molar refractivity (Wildman–Crippen MR) is 108 cm³/mol. The molecule has 10 nitrogen and oxygen atoms in total. The van der Waals surface area contributed by atoms with Crippen LogP contribution in [0.15, 0.2) is 54.6 Å². The Bertz CT molecular complexity index is 950. The van der Waals surface area contributed by atoms with Gasteiger partial charge in [-0.15, -0.1) is 0 Å². The number of methoxy groups -OCH3 is 2. The number of carbonyl (C=O) groups is 2. The molecule has 2 atom stereocenters. The molecule has 0 saturated heterocycles. The molecule has 2 aromatic carbocycles. The van der Waals surface area contributed by atoms with Gasteiger partial charge in [-0.1, -0.05) is 58.4 Å². The molecular weight excluding hydrogens is 464 g/mol. The summed E-state index contributed by atoms with van der Waals surface area (Å²) in [5.41, 5.74) is -0.185. The topological polar surface area (TPSA) is 139 Å². The summed E-state index contributed by atoms with van der Waals surface area (Å²) in [6.45, 7) is 0. The van der Waals surface area contributed by atoms with Crippen LogP contribution in [0.2, 0.25) is 0 Å². The first-order valence-electron chi connectivity index (χ1n) is 8.47. The summed E-state index contributed by atoms with van der Waals surface area (Å²) in [7, 11) is 2.02. The minimum Gasteiger partial charge on any atom is -0.468 e. The monoisotopic (exact) mass is 480 g/mol. The Hall–Kier alpha value is -3.34. The van der Waals surface area contributed by atoms with Crippen molar-refractivity contribution in [3.05, 3.63) is 86.0 Å². The Kier molecular flexibility index (Phi) is 7.22. The van der Waals surface area contributed by atoms with Crippen LogP contribution in [0.25, 0.3) is 0 Å². The van der Waals surface area contributed by atoms with E-state index in [1.165, 1.54) is 30.3 Å². The Balaban J connectivity index is 2.88. The standard InChI is InChI=1S/C19H17BrN2O8/c1-29-17(23)19(20,18(24)30-2)15(13-9-6-10-14(11-13)21(25)26)16(22(27)28)12-7-4-3-5-8-12/h3-11,15-16H,1-2H3. The highest BCUT2D eigenvalue weighted by atomic mass is 79.9. The van der Waals surface area contributed by atoms with Crippen molar-refractivity contribution in [1.82, 2.24) is 0 Å². The van der Waals surface area contributed by atoms with E-state index in [1.807, 2.05) is 0 Å². The molecule has 2 rings (SSSR count). The van der Waals surface area contributed by atoms with Gasteiger partial charge >= 0.3 is 11.9 Å². The lowest BCUT2D eigenvalue weighted by Gasteiger charge is -2.32. The van der Waals surface area contributed by atoms with Crippen LogP contribution in [0.4, 0.5) is 5.69 Å². The summed E-state index contributed by atoms with van der Waals surface area (Å²) < 4.78 is 7.13. The third-order valence-electron chi connectivity index (χ3n) is 4.52. The first kappa shape index (κ1) is 22.9.